The Morgan fingerprint density at radius 3 is 2.89 bits per heavy atom. The Kier molecular flexibility index (Phi) is 6.41. The summed E-state index contributed by atoms with van der Waals surface area (Å²) in [5.41, 5.74) is 10.4. The van der Waals surface area contributed by atoms with Gasteiger partial charge in [0.05, 0.1) is 6.54 Å². The normalized spacial score (nSPS) is 8.11. The van der Waals surface area contributed by atoms with Gasteiger partial charge in [0.1, 0.15) is 0 Å². The minimum absolute atomic E-state index is 0.790. The molecule has 0 fully saturated rings. The van der Waals surface area contributed by atoms with Crippen LogP contribution >= 0.6 is 0 Å². The summed E-state index contributed by atoms with van der Waals surface area (Å²) < 4.78 is 0. The van der Waals surface area contributed by atoms with Crippen LogP contribution in [0.3, 0.4) is 0 Å². The fourth-order valence-electron chi connectivity index (χ4n) is 0.536. The van der Waals surface area contributed by atoms with Crippen molar-refractivity contribution in [2.75, 3.05) is 6.54 Å². The lowest BCUT2D eigenvalue weighted by Gasteiger charge is -1.91. The van der Waals surface area contributed by atoms with E-state index in [2.05, 4.69) is 22.5 Å². The van der Waals surface area contributed by atoms with E-state index in [1.54, 1.807) is 0 Å². The zero-order chi connectivity index (χ0) is 6.95. The summed E-state index contributed by atoms with van der Waals surface area (Å²) in [6.45, 7) is 2.92. The molecule has 52 valence electrons. The van der Waals surface area contributed by atoms with Gasteiger partial charge in [0.25, 0.3) is 0 Å². The van der Waals surface area contributed by atoms with Crippen molar-refractivity contribution in [3.8, 4) is 0 Å². The average Bonchev–Trinajstić information content (AvgIpc) is 1.89. The first-order valence-electron chi connectivity index (χ1n) is 3.18. The second-order valence-corrected chi connectivity index (χ2v) is 1.80. The molecule has 0 heterocycles. The van der Waals surface area contributed by atoms with E-state index >= 15 is 0 Å². The molecule has 0 aromatic rings. The predicted octanol–water partition coefficient (Wildman–Crippen LogP) is 1.99. The van der Waals surface area contributed by atoms with Gasteiger partial charge in [-0.3, -0.25) is 5.43 Å². The molecule has 0 aliphatic carbocycles. The SMILES string of the molecule is CCCCCNN=[N+]=[N-]. The maximum Gasteiger partial charge on any atom is 0.0859 e. The summed E-state index contributed by atoms with van der Waals surface area (Å²) in [5.74, 6) is 0. The number of unbranched alkanes of at least 4 members (excludes halogenated alkanes) is 2. The zero-order valence-electron chi connectivity index (χ0n) is 5.67. The van der Waals surface area contributed by atoms with Gasteiger partial charge in [-0.25, -0.2) is 0 Å². The van der Waals surface area contributed by atoms with Gasteiger partial charge in [0, 0.05) is 0 Å². The molecule has 0 atom stereocenters. The first kappa shape index (κ1) is 8.11. The molecule has 1 N–H and O–H groups in total. The molecule has 0 aromatic heterocycles. The van der Waals surface area contributed by atoms with Crippen molar-refractivity contribution >= 4 is 0 Å². The highest BCUT2D eigenvalue weighted by atomic mass is 15.4. The highest BCUT2D eigenvalue weighted by Gasteiger charge is 1.83. The fraction of sp³-hybridized carbons (Fsp3) is 1.00. The number of nitrogens with zero attached hydrogens (tertiary/aromatic N) is 3. The van der Waals surface area contributed by atoms with E-state index < -0.39 is 0 Å². The molecular formula is C5H12N4. The molecule has 0 spiro atoms. The number of rotatable bonds is 5. The molecule has 0 unspecified atom stereocenters. The highest BCUT2D eigenvalue weighted by molar-refractivity contribution is 4.42. The summed E-state index contributed by atoms with van der Waals surface area (Å²) in [7, 11) is 0. The minimum Gasteiger partial charge on any atom is -0.261 e. The lowest BCUT2D eigenvalue weighted by Crippen LogP contribution is -2.04. The maximum absolute atomic E-state index is 7.82. The third-order valence-corrected chi connectivity index (χ3v) is 1.01. The third-order valence-electron chi connectivity index (χ3n) is 1.01. The van der Waals surface area contributed by atoms with Gasteiger partial charge < -0.3 is 0 Å². The standard InChI is InChI=1S/C5H12N4/c1-2-3-4-5-7-9-8-6/h7H,2-5H2,1H3. The number of azide groups is 1. The maximum atomic E-state index is 7.82. The van der Waals surface area contributed by atoms with Crippen molar-refractivity contribution in [3.63, 3.8) is 0 Å². The van der Waals surface area contributed by atoms with Crippen LogP contribution in [0.1, 0.15) is 26.2 Å². The van der Waals surface area contributed by atoms with Crippen LogP contribution in [-0.2, 0) is 0 Å². The molecule has 0 saturated carbocycles. The Morgan fingerprint density at radius 2 is 2.33 bits per heavy atom. The molecule has 0 amide bonds. The monoisotopic (exact) mass is 128 g/mol. The van der Waals surface area contributed by atoms with Crippen LogP contribution in [0.2, 0.25) is 0 Å². The number of hydrogen-bond donors (Lipinski definition) is 1. The van der Waals surface area contributed by atoms with Gasteiger partial charge in [-0.2, -0.15) is 4.91 Å². The summed E-state index contributed by atoms with van der Waals surface area (Å²) in [5, 5.41) is 3.17. The Labute approximate surface area is 54.9 Å². The second-order valence-electron chi connectivity index (χ2n) is 1.80. The van der Waals surface area contributed by atoms with Crippen molar-refractivity contribution in [1.29, 1.82) is 0 Å². The van der Waals surface area contributed by atoms with E-state index in [1.165, 1.54) is 12.8 Å². The van der Waals surface area contributed by atoms with Crippen molar-refractivity contribution in [1.82, 2.24) is 5.43 Å². The quantitative estimate of drug-likeness (QED) is 0.199. The Bertz CT molecular complexity index is 95.1. The van der Waals surface area contributed by atoms with Gasteiger partial charge in [0.2, 0.25) is 0 Å². The van der Waals surface area contributed by atoms with Crippen LogP contribution < -0.4 is 5.43 Å². The van der Waals surface area contributed by atoms with Gasteiger partial charge in [-0.05, 0) is 18.1 Å². The topological polar surface area (TPSA) is 60.8 Å². The van der Waals surface area contributed by atoms with Crippen molar-refractivity contribution in [2.45, 2.75) is 26.2 Å². The first-order chi connectivity index (χ1) is 4.41. The summed E-state index contributed by atoms with van der Waals surface area (Å²) in [6.07, 6.45) is 3.46. The van der Waals surface area contributed by atoms with Crippen molar-refractivity contribution in [2.24, 2.45) is 5.22 Å². The van der Waals surface area contributed by atoms with Crippen LogP contribution in [0, 0.1) is 0 Å². The van der Waals surface area contributed by atoms with Crippen molar-refractivity contribution in [3.05, 3.63) is 10.4 Å². The molecule has 0 aliphatic heterocycles. The van der Waals surface area contributed by atoms with Crippen LogP contribution in [-0.4, -0.2) is 6.54 Å². The molecule has 0 aromatic carbocycles. The molecule has 9 heavy (non-hydrogen) atoms. The van der Waals surface area contributed by atoms with Gasteiger partial charge in [-0.1, -0.05) is 13.3 Å². The highest BCUT2D eigenvalue weighted by Crippen LogP contribution is 1.90. The van der Waals surface area contributed by atoms with E-state index in [0.29, 0.717) is 0 Å². The second kappa shape index (κ2) is 7.11. The Balaban J connectivity index is 2.82. The number of hydrogen-bond acceptors (Lipinski definition) is 1. The van der Waals surface area contributed by atoms with Crippen molar-refractivity contribution < 1.29 is 0 Å². The lowest BCUT2D eigenvalue weighted by atomic mass is 10.3. The zero-order valence-corrected chi connectivity index (χ0v) is 5.67. The van der Waals surface area contributed by atoms with Crippen LogP contribution in [0.4, 0.5) is 0 Å². The molecule has 0 saturated heterocycles. The molecule has 0 bridgehead atoms. The van der Waals surface area contributed by atoms with Crippen LogP contribution in [0.15, 0.2) is 5.22 Å². The molecule has 0 radical (unpaired) electrons. The molecular weight excluding hydrogens is 116 g/mol. The van der Waals surface area contributed by atoms with Crippen LogP contribution in [0.5, 0.6) is 0 Å². The lowest BCUT2D eigenvalue weighted by molar-refractivity contribution is 0.635. The van der Waals surface area contributed by atoms with E-state index in [4.69, 9.17) is 5.53 Å². The van der Waals surface area contributed by atoms with Crippen LogP contribution in [0.25, 0.3) is 10.4 Å². The van der Waals surface area contributed by atoms with E-state index in [0.717, 1.165) is 13.0 Å². The minimum atomic E-state index is 0.790. The smallest absolute Gasteiger partial charge is 0.0859 e. The average molecular weight is 128 g/mol. The van der Waals surface area contributed by atoms with Gasteiger partial charge >= 0.3 is 0 Å². The largest absolute Gasteiger partial charge is 0.261 e. The van der Waals surface area contributed by atoms with E-state index in [9.17, 15) is 0 Å². The number of nitrogens with one attached hydrogen (secondary N) is 1. The molecule has 0 rings (SSSR count). The third kappa shape index (κ3) is 7.11. The molecule has 4 heteroatoms. The molecule has 0 aliphatic rings. The summed E-state index contributed by atoms with van der Waals surface area (Å²) in [4.78, 5) is 2.55. The van der Waals surface area contributed by atoms with Gasteiger partial charge in [0.15, 0.2) is 0 Å². The summed E-state index contributed by atoms with van der Waals surface area (Å²) >= 11 is 0. The Hall–Kier alpha value is -0.890. The van der Waals surface area contributed by atoms with E-state index in [-0.39, 0.29) is 0 Å². The van der Waals surface area contributed by atoms with Gasteiger partial charge in [-0.15, -0.1) is 5.53 Å². The predicted molar refractivity (Wildman–Crippen MR) is 36.7 cm³/mol. The first-order valence-corrected chi connectivity index (χ1v) is 3.18. The van der Waals surface area contributed by atoms with E-state index in [1.807, 2.05) is 0 Å². The molecule has 4 nitrogen and oxygen atoms in total. The Morgan fingerprint density at radius 1 is 1.56 bits per heavy atom. The fourth-order valence-corrected chi connectivity index (χ4v) is 0.536. The summed E-state index contributed by atoms with van der Waals surface area (Å²) in [6, 6.07) is 0.